The standard InChI is InChI=1S/C22H22Br2ClNO5/c1-11(2)14-9-13(10-17(25)18(14)27)31-19-15(23)7-12(8-16(19)24)26-20(28)22(21(29)30)5-3-4-6-22/h7-11,27H,3-6H2,1-2H3,(H,26,28)(H,29,30). The highest BCUT2D eigenvalue weighted by atomic mass is 79.9. The highest BCUT2D eigenvalue weighted by molar-refractivity contribution is 9.11. The van der Waals surface area contributed by atoms with E-state index < -0.39 is 17.3 Å². The van der Waals surface area contributed by atoms with Crippen LogP contribution in [0.3, 0.4) is 0 Å². The van der Waals surface area contributed by atoms with E-state index in [0.717, 1.165) is 0 Å². The predicted molar refractivity (Wildman–Crippen MR) is 126 cm³/mol. The minimum Gasteiger partial charge on any atom is -0.506 e. The summed E-state index contributed by atoms with van der Waals surface area (Å²) in [5.74, 6) is -0.645. The van der Waals surface area contributed by atoms with E-state index in [1.165, 1.54) is 6.07 Å². The minimum atomic E-state index is -1.38. The van der Waals surface area contributed by atoms with Crippen LogP contribution >= 0.6 is 43.5 Å². The molecule has 166 valence electrons. The average molecular weight is 576 g/mol. The Morgan fingerprint density at radius 2 is 1.71 bits per heavy atom. The molecule has 0 bridgehead atoms. The number of hydrogen-bond acceptors (Lipinski definition) is 4. The maximum atomic E-state index is 12.8. The molecule has 0 saturated heterocycles. The Kier molecular flexibility index (Phi) is 7.23. The molecule has 6 nitrogen and oxygen atoms in total. The van der Waals surface area contributed by atoms with Crippen LogP contribution in [-0.4, -0.2) is 22.1 Å². The molecule has 0 aliphatic heterocycles. The highest BCUT2D eigenvalue weighted by Gasteiger charge is 2.48. The number of anilines is 1. The van der Waals surface area contributed by atoms with E-state index in [1.807, 2.05) is 13.8 Å². The van der Waals surface area contributed by atoms with Crippen molar-refractivity contribution in [3.63, 3.8) is 0 Å². The Balaban J connectivity index is 1.86. The number of carbonyl (C=O) groups is 2. The molecule has 1 fully saturated rings. The van der Waals surface area contributed by atoms with Gasteiger partial charge in [0.1, 0.15) is 16.9 Å². The van der Waals surface area contributed by atoms with E-state index >= 15 is 0 Å². The van der Waals surface area contributed by atoms with Crippen LogP contribution in [0.4, 0.5) is 5.69 Å². The lowest BCUT2D eigenvalue weighted by Gasteiger charge is -2.23. The lowest BCUT2D eigenvalue weighted by Crippen LogP contribution is -2.40. The molecule has 1 amide bonds. The van der Waals surface area contributed by atoms with Crippen molar-refractivity contribution >= 4 is 61.0 Å². The van der Waals surface area contributed by atoms with Gasteiger partial charge in [0, 0.05) is 17.3 Å². The van der Waals surface area contributed by atoms with Crippen molar-refractivity contribution in [2.45, 2.75) is 45.4 Å². The van der Waals surface area contributed by atoms with Gasteiger partial charge >= 0.3 is 5.97 Å². The molecule has 2 aromatic carbocycles. The molecule has 0 spiro atoms. The zero-order chi connectivity index (χ0) is 22.9. The maximum absolute atomic E-state index is 12.8. The number of nitrogens with one attached hydrogen (secondary N) is 1. The third kappa shape index (κ3) is 4.86. The van der Waals surface area contributed by atoms with E-state index in [0.29, 0.717) is 57.4 Å². The van der Waals surface area contributed by atoms with Gasteiger partial charge in [-0.25, -0.2) is 0 Å². The van der Waals surface area contributed by atoms with E-state index in [-0.39, 0.29) is 16.7 Å². The topological polar surface area (TPSA) is 95.9 Å². The summed E-state index contributed by atoms with van der Waals surface area (Å²) in [6.07, 6.45) is 2.09. The van der Waals surface area contributed by atoms with Crippen LogP contribution < -0.4 is 10.1 Å². The number of carboxylic acids is 1. The number of aromatic hydroxyl groups is 1. The minimum absolute atomic E-state index is 0.0273. The fourth-order valence-electron chi connectivity index (χ4n) is 3.71. The van der Waals surface area contributed by atoms with Gasteiger partial charge in [-0.2, -0.15) is 0 Å². The molecule has 9 heteroatoms. The summed E-state index contributed by atoms with van der Waals surface area (Å²) in [6, 6.07) is 6.53. The lowest BCUT2D eigenvalue weighted by molar-refractivity contribution is -0.153. The van der Waals surface area contributed by atoms with Crippen LogP contribution in [0.15, 0.2) is 33.2 Å². The molecule has 1 aliphatic carbocycles. The lowest BCUT2D eigenvalue weighted by atomic mass is 9.85. The summed E-state index contributed by atoms with van der Waals surface area (Å²) in [4.78, 5) is 24.5. The summed E-state index contributed by atoms with van der Waals surface area (Å²) in [5, 5.41) is 22.7. The summed E-state index contributed by atoms with van der Waals surface area (Å²) in [6.45, 7) is 3.87. The Bertz CT molecular complexity index is 1010. The number of carbonyl (C=O) groups excluding carboxylic acids is 1. The van der Waals surface area contributed by atoms with Crippen LogP contribution in [0, 0.1) is 5.41 Å². The van der Waals surface area contributed by atoms with Crippen molar-refractivity contribution in [1.29, 1.82) is 0 Å². The number of aliphatic carboxylic acids is 1. The SMILES string of the molecule is CC(C)c1cc(Oc2c(Br)cc(NC(=O)C3(C(=O)O)CCCC3)cc2Br)cc(Cl)c1O. The second-order valence-electron chi connectivity index (χ2n) is 7.92. The number of halogens is 3. The number of ether oxygens (including phenoxy) is 1. The molecule has 2 aromatic rings. The first-order valence-electron chi connectivity index (χ1n) is 9.79. The van der Waals surface area contributed by atoms with E-state index in [2.05, 4.69) is 37.2 Å². The number of rotatable bonds is 6. The molecule has 3 N–H and O–H groups in total. The van der Waals surface area contributed by atoms with Gasteiger partial charge in [0.05, 0.1) is 14.0 Å². The van der Waals surface area contributed by atoms with Gasteiger partial charge in [0.15, 0.2) is 5.75 Å². The zero-order valence-corrected chi connectivity index (χ0v) is 20.9. The molecule has 1 saturated carbocycles. The molecule has 0 radical (unpaired) electrons. The van der Waals surface area contributed by atoms with E-state index in [1.54, 1.807) is 18.2 Å². The van der Waals surface area contributed by atoms with Crippen LogP contribution in [0.25, 0.3) is 0 Å². The number of amides is 1. The van der Waals surface area contributed by atoms with Crippen molar-refractivity contribution in [3.8, 4) is 17.2 Å². The zero-order valence-electron chi connectivity index (χ0n) is 17.0. The number of phenols is 1. The summed E-state index contributed by atoms with van der Waals surface area (Å²) in [5.41, 5.74) is -0.283. The fourth-order valence-corrected chi connectivity index (χ4v) is 5.27. The predicted octanol–water partition coefficient (Wildman–Crippen LogP) is 7.07. The molecular weight excluding hydrogens is 554 g/mol. The van der Waals surface area contributed by atoms with Crippen molar-refractivity contribution in [1.82, 2.24) is 0 Å². The summed E-state index contributed by atoms with van der Waals surface area (Å²) >= 11 is 13.0. The molecule has 31 heavy (non-hydrogen) atoms. The summed E-state index contributed by atoms with van der Waals surface area (Å²) < 4.78 is 7.08. The van der Waals surface area contributed by atoms with Crippen LogP contribution in [0.5, 0.6) is 17.2 Å². The van der Waals surface area contributed by atoms with Crippen molar-refractivity contribution in [3.05, 3.63) is 43.8 Å². The average Bonchev–Trinajstić information content (AvgIpc) is 3.18. The van der Waals surface area contributed by atoms with Crippen molar-refractivity contribution in [2.24, 2.45) is 5.41 Å². The Labute approximate surface area is 202 Å². The van der Waals surface area contributed by atoms with Crippen molar-refractivity contribution in [2.75, 3.05) is 5.32 Å². The van der Waals surface area contributed by atoms with E-state index in [4.69, 9.17) is 16.3 Å². The van der Waals surface area contributed by atoms with Crippen LogP contribution in [0.2, 0.25) is 5.02 Å². The van der Waals surface area contributed by atoms with Crippen LogP contribution in [0.1, 0.15) is 51.0 Å². The van der Waals surface area contributed by atoms with Gasteiger partial charge in [0.25, 0.3) is 0 Å². The van der Waals surface area contributed by atoms with Gasteiger partial charge in [0.2, 0.25) is 5.91 Å². The van der Waals surface area contributed by atoms with Crippen LogP contribution in [-0.2, 0) is 9.59 Å². The number of phenolic OH excluding ortho intramolecular Hbond substituents is 1. The maximum Gasteiger partial charge on any atom is 0.319 e. The Hall–Kier alpha value is -1.77. The Morgan fingerprint density at radius 1 is 1.13 bits per heavy atom. The molecular formula is C22H22Br2ClNO5. The number of benzene rings is 2. The molecule has 1 aliphatic rings. The van der Waals surface area contributed by atoms with Gasteiger partial charge in [-0.1, -0.05) is 38.3 Å². The number of carboxylic acid groups (broad SMARTS) is 1. The van der Waals surface area contributed by atoms with Gasteiger partial charge in [-0.15, -0.1) is 0 Å². The first kappa shape index (κ1) is 23.9. The molecule has 0 unspecified atom stereocenters. The second kappa shape index (κ2) is 9.38. The normalized spacial score (nSPS) is 15.2. The molecule has 3 rings (SSSR count). The monoisotopic (exact) mass is 573 g/mol. The first-order chi connectivity index (χ1) is 14.5. The van der Waals surface area contributed by atoms with Gasteiger partial charge in [-0.3, -0.25) is 9.59 Å². The third-order valence-corrected chi connectivity index (χ3v) is 6.93. The van der Waals surface area contributed by atoms with Gasteiger partial charge < -0.3 is 20.3 Å². The number of hydrogen-bond donors (Lipinski definition) is 3. The highest BCUT2D eigenvalue weighted by Crippen LogP contribution is 2.44. The quantitative estimate of drug-likeness (QED) is 0.320. The largest absolute Gasteiger partial charge is 0.506 e. The Morgan fingerprint density at radius 3 is 2.23 bits per heavy atom. The molecule has 0 heterocycles. The fraction of sp³-hybridized carbons (Fsp3) is 0.364. The summed E-state index contributed by atoms with van der Waals surface area (Å²) in [7, 11) is 0. The molecule has 0 aromatic heterocycles. The molecule has 0 atom stereocenters. The second-order valence-corrected chi connectivity index (χ2v) is 10.0. The first-order valence-corrected chi connectivity index (χ1v) is 11.8. The third-order valence-electron chi connectivity index (χ3n) is 5.47. The van der Waals surface area contributed by atoms with Gasteiger partial charge in [-0.05, 0) is 68.8 Å². The smallest absolute Gasteiger partial charge is 0.319 e. The van der Waals surface area contributed by atoms with E-state index in [9.17, 15) is 19.8 Å². The van der Waals surface area contributed by atoms with Crippen molar-refractivity contribution < 1.29 is 24.5 Å².